The molecule has 3 nitrogen and oxygen atoms in total. The van der Waals surface area contributed by atoms with Crippen molar-refractivity contribution in [3.05, 3.63) is 53.4 Å². The number of hydrogen-bond donors (Lipinski definition) is 1. The van der Waals surface area contributed by atoms with Crippen LogP contribution in [0.3, 0.4) is 0 Å². The van der Waals surface area contributed by atoms with Crippen LogP contribution in [-0.4, -0.2) is 23.3 Å². The Bertz CT molecular complexity index is 898. The Kier molecular flexibility index (Phi) is 4.10. The highest BCUT2D eigenvalue weighted by Gasteiger charge is 2.54. The maximum absolute atomic E-state index is 10.2. The van der Waals surface area contributed by atoms with E-state index in [1.807, 2.05) is 6.20 Å². The molecule has 0 radical (unpaired) electrons. The van der Waals surface area contributed by atoms with Gasteiger partial charge in [-0.1, -0.05) is 43.2 Å². The molecule has 3 heteroatoms. The van der Waals surface area contributed by atoms with Gasteiger partial charge in [-0.05, 0) is 67.4 Å². The summed E-state index contributed by atoms with van der Waals surface area (Å²) in [6, 6.07) is 2.12. The molecular formula is C25H31NO2. The van der Waals surface area contributed by atoms with Crippen molar-refractivity contribution in [2.45, 2.75) is 58.5 Å². The van der Waals surface area contributed by atoms with Crippen molar-refractivity contribution in [1.29, 1.82) is 0 Å². The van der Waals surface area contributed by atoms with Crippen molar-refractivity contribution >= 4 is 5.57 Å². The number of ether oxygens (including phenoxy) is 1. The van der Waals surface area contributed by atoms with Crippen molar-refractivity contribution in [3.63, 3.8) is 0 Å². The standard InChI is InChI=1S/C25H31NO2/c1-24-10-8-18(27)13-17(24)4-5-20-22-7-6-21(25(22,2)11-9-23(20)24)16-12-19(28-3)15-26-14-16/h4,6-7,12,14-15,18,20,23,27H,5,8-11,13H2,1-3H3/t18-,20?,23?,24-,25+/m0/s1. The third-order valence-corrected chi connectivity index (χ3v) is 8.38. The molecule has 0 saturated heterocycles. The number of pyridine rings is 1. The van der Waals surface area contributed by atoms with Crippen LogP contribution in [0.5, 0.6) is 5.75 Å². The maximum Gasteiger partial charge on any atom is 0.137 e. The van der Waals surface area contributed by atoms with Crippen LogP contribution in [0.15, 0.2) is 47.8 Å². The van der Waals surface area contributed by atoms with Gasteiger partial charge >= 0.3 is 0 Å². The fourth-order valence-corrected chi connectivity index (χ4v) is 6.74. The normalized spacial score (nSPS) is 39.1. The first-order valence-electron chi connectivity index (χ1n) is 10.8. The number of methoxy groups -OCH3 is 1. The van der Waals surface area contributed by atoms with Crippen molar-refractivity contribution < 1.29 is 9.84 Å². The van der Waals surface area contributed by atoms with E-state index in [4.69, 9.17) is 4.74 Å². The van der Waals surface area contributed by atoms with E-state index >= 15 is 0 Å². The average molecular weight is 378 g/mol. The molecule has 0 aliphatic heterocycles. The molecule has 1 aromatic heterocycles. The Balaban J connectivity index is 1.48. The second kappa shape index (κ2) is 6.32. The minimum absolute atomic E-state index is 0.102. The van der Waals surface area contributed by atoms with Crippen molar-refractivity contribution in [1.82, 2.24) is 4.98 Å². The van der Waals surface area contributed by atoms with Crippen LogP contribution in [0.2, 0.25) is 0 Å². The first-order valence-corrected chi connectivity index (χ1v) is 10.8. The van der Waals surface area contributed by atoms with Gasteiger partial charge < -0.3 is 9.84 Å². The van der Waals surface area contributed by atoms with E-state index in [0.29, 0.717) is 11.8 Å². The van der Waals surface area contributed by atoms with E-state index in [2.05, 4.69) is 43.1 Å². The first-order chi connectivity index (χ1) is 13.5. The summed E-state index contributed by atoms with van der Waals surface area (Å²) in [7, 11) is 1.70. The van der Waals surface area contributed by atoms with Gasteiger partial charge in [-0.25, -0.2) is 0 Å². The Hall–Kier alpha value is -1.87. The minimum Gasteiger partial charge on any atom is -0.495 e. The van der Waals surface area contributed by atoms with E-state index in [1.165, 1.54) is 29.6 Å². The van der Waals surface area contributed by atoms with Crippen LogP contribution >= 0.6 is 0 Å². The fourth-order valence-electron chi connectivity index (χ4n) is 6.74. The average Bonchev–Trinajstić information content (AvgIpc) is 3.06. The van der Waals surface area contributed by atoms with Gasteiger partial charge in [0.05, 0.1) is 19.4 Å². The van der Waals surface area contributed by atoms with E-state index in [9.17, 15) is 5.11 Å². The third-order valence-electron chi connectivity index (χ3n) is 8.38. The van der Waals surface area contributed by atoms with Gasteiger partial charge in [0.2, 0.25) is 0 Å². The number of allylic oxidation sites excluding steroid dienone is 5. The second-order valence-corrected chi connectivity index (χ2v) is 9.68. The van der Waals surface area contributed by atoms with E-state index in [-0.39, 0.29) is 16.9 Å². The summed E-state index contributed by atoms with van der Waals surface area (Å²) in [5, 5.41) is 10.2. The van der Waals surface area contributed by atoms with Crippen LogP contribution in [0.25, 0.3) is 5.57 Å². The van der Waals surface area contributed by atoms with Crippen molar-refractivity contribution in [3.8, 4) is 5.75 Å². The molecule has 1 heterocycles. The summed E-state index contributed by atoms with van der Waals surface area (Å²) in [5.41, 5.74) is 6.09. The largest absolute Gasteiger partial charge is 0.495 e. The minimum atomic E-state index is -0.135. The molecule has 5 rings (SSSR count). The van der Waals surface area contributed by atoms with Crippen LogP contribution < -0.4 is 4.74 Å². The topological polar surface area (TPSA) is 42.4 Å². The number of hydrogen-bond acceptors (Lipinski definition) is 3. The molecule has 4 aliphatic carbocycles. The van der Waals surface area contributed by atoms with Crippen LogP contribution in [0.4, 0.5) is 0 Å². The van der Waals surface area contributed by atoms with Gasteiger partial charge in [0.1, 0.15) is 5.75 Å². The van der Waals surface area contributed by atoms with Gasteiger partial charge in [0.25, 0.3) is 0 Å². The third kappa shape index (κ3) is 2.48. The lowest BCUT2D eigenvalue weighted by Gasteiger charge is -2.56. The van der Waals surface area contributed by atoms with Crippen LogP contribution in [0, 0.1) is 22.7 Å². The number of aliphatic hydroxyl groups excluding tert-OH is 1. The van der Waals surface area contributed by atoms with Gasteiger partial charge in [-0.15, -0.1) is 0 Å². The molecule has 1 N–H and O–H groups in total. The zero-order chi connectivity index (χ0) is 19.5. The molecule has 5 atom stereocenters. The maximum atomic E-state index is 10.2. The molecule has 1 aromatic rings. The van der Waals surface area contributed by atoms with Gasteiger partial charge in [0, 0.05) is 17.2 Å². The van der Waals surface area contributed by atoms with Crippen LogP contribution in [0.1, 0.15) is 57.9 Å². The number of rotatable bonds is 2. The second-order valence-electron chi connectivity index (χ2n) is 9.68. The van der Waals surface area contributed by atoms with Gasteiger partial charge in [0.15, 0.2) is 0 Å². The van der Waals surface area contributed by atoms with Gasteiger partial charge in [-0.2, -0.15) is 0 Å². The summed E-state index contributed by atoms with van der Waals surface area (Å²) in [6.07, 6.45) is 17.4. The van der Waals surface area contributed by atoms with E-state index in [0.717, 1.165) is 31.4 Å². The number of aliphatic hydroxyl groups is 1. The zero-order valence-electron chi connectivity index (χ0n) is 17.2. The molecule has 2 fully saturated rings. The van der Waals surface area contributed by atoms with Crippen molar-refractivity contribution in [2.75, 3.05) is 7.11 Å². The summed E-state index contributed by atoms with van der Waals surface area (Å²) in [6.45, 7) is 4.90. The molecule has 4 aliphatic rings. The zero-order valence-corrected chi connectivity index (χ0v) is 17.2. The quantitative estimate of drug-likeness (QED) is 0.709. The lowest BCUT2D eigenvalue weighted by atomic mass is 9.49. The fraction of sp³-hybridized carbons (Fsp3) is 0.560. The number of fused-ring (bicyclic) bond motifs is 5. The Morgan fingerprint density at radius 3 is 2.82 bits per heavy atom. The molecule has 0 spiro atoms. The van der Waals surface area contributed by atoms with E-state index in [1.54, 1.807) is 18.9 Å². The highest BCUT2D eigenvalue weighted by Crippen LogP contribution is 2.64. The smallest absolute Gasteiger partial charge is 0.137 e. The Labute approximate surface area is 168 Å². The summed E-state index contributed by atoms with van der Waals surface area (Å²) in [4.78, 5) is 4.40. The molecule has 0 aromatic carbocycles. The number of nitrogens with zero attached hydrogens (tertiary/aromatic N) is 1. The predicted octanol–water partition coefficient (Wildman–Crippen LogP) is 5.33. The predicted molar refractivity (Wildman–Crippen MR) is 112 cm³/mol. The van der Waals surface area contributed by atoms with Crippen LogP contribution in [-0.2, 0) is 0 Å². The first kappa shape index (κ1) is 18.2. The molecule has 28 heavy (non-hydrogen) atoms. The highest BCUT2D eigenvalue weighted by atomic mass is 16.5. The molecule has 148 valence electrons. The highest BCUT2D eigenvalue weighted by molar-refractivity contribution is 5.78. The monoisotopic (exact) mass is 377 g/mol. The van der Waals surface area contributed by atoms with Gasteiger partial charge in [-0.3, -0.25) is 4.98 Å². The SMILES string of the molecule is COc1cncc(C2=CC=C3C4CC=C5C[C@@H](O)CC[C@]5(C)C4CC[C@]23C)c1. The molecule has 2 unspecified atom stereocenters. The lowest BCUT2D eigenvalue weighted by molar-refractivity contribution is 0.0369. The van der Waals surface area contributed by atoms with E-state index < -0.39 is 0 Å². The molecular weight excluding hydrogens is 346 g/mol. The molecule has 2 saturated carbocycles. The Morgan fingerprint density at radius 1 is 1.14 bits per heavy atom. The summed E-state index contributed by atoms with van der Waals surface area (Å²) >= 11 is 0. The van der Waals surface area contributed by atoms with Crippen molar-refractivity contribution in [2.24, 2.45) is 22.7 Å². The molecule has 0 amide bonds. The number of aromatic nitrogens is 1. The Morgan fingerprint density at radius 2 is 2.00 bits per heavy atom. The summed E-state index contributed by atoms with van der Waals surface area (Å²) in [5.74, 6) is 2.15. The lowest BCUT2D eigenvalue weighted by Crippen LogP contribution is -2.47. The molecule has 0 bridgehead atoms. The summed E-state index contributed by atoms with van der Waals surface area (Å²) < 4.78 is 5.42.